The van der Waals surface area contributed by atoms with Gasteiger partial charge in [-0.05, 0) is 32.2 Å². The van der Waals surface area contributed by atoms with Gasteiger partial charge in [0.2, 0.25) is 5.91 Å². The predicted octanol–water partition coefficient (Wildman–Crippen LogP) is 0.952. The third-order valence-electron chi connectivity index (χ3n) is 4.62. The molecule has 0 aromatic rings. The third-order valence-corrected chi connectivity index (χ3v) is 4.62. The standard InChI is InChI=1S/C14H25N3O2.2ClH/c18-14(9-12-10-19-7-4-15-12)16-11-3-6-17-5-1-2-13(17)8-11;;/h11-13,15H,1-10H2,(H,16,18);2*1H. The Morgan fingerprint density at radius 3 is 2.90 bits per heavy atom. The van der Waals surface area contributed by atoms with Crippen LogP contribution in [0.1, 0.15) is 32.1 Å². The lowest BCUT2D eigenvalue weighted by molar-refractivity contribution is -0.123. The van der Waals surface area contributed by atoms with Crippen LogP contribution in [0.15, 0.2) is 0 Å². The zero-order chi connectivity index (χ0) is 13.1. The molecule has 5 nitrogen and oxygen atoms in total. The molecule has 0 aliphatic carbocycles. The first-order valence-corrected chi connectivity index (χ1v) is 7.66. The van der Waals surface area contributed by atoms with Gasteiger partial charge in [-0.25, -0.2) is 0 Å². The van der Waals surface area contributed by atoms with Gasteiger partial charge in [-0.15, -0.1) is 24.8 Å². The molecule has 3 atom stereocenters. The molecule has 2 N–H and O–H groups in total. The van der Waals surface area contributed by atoms with Crippen molar-refractivity contribution >= 4 is 30.7 Å². The molecule has 0 aromatic carbocycles. The Balaban J connectivity index is 0.00000110. The average molecular weight is 340 g/mol. The summed E-state index contributed by atoms with van der Waals surface area (Å²) in [5.41, 5.74) is 0. The predicted molar refractivity (Wildman–Crippen MR) is 87.5 cm³/mol. The lowest BCUT2D eigenvalue weighted by Crippen LogP contribution is -2.49. The molecule has 7 heteroatoms. The molecule has 3 aliphatic heterocycles. The Kier molecular flexibility index (Phi) is 8.27. The highest BCUT2D eigenvalue weighted by Crippen LogP contribution is 2.26. The van der Waals surface area contributed by atoms with Gasteiger partial charge in [-0.1, -0.05) is 0 Å². The molecule has 0 saturated carbocycles. The minimum Gasteiger partial charge on any atom is -0.378 e. The van der Waals surface area contributed by atoms with Crippen molar-refractivity contribution in [3.8, 4) is 0 Å². The molecule has 3 saturated heterocycles. The van der Waals surface area contributed by atoms with Crippen LogP contribution in [-0.4, -0.2) is 61.8 Å². The van der Waals surface area contributed by atoms with Crippen LogP contribution in [0.25, 0.3) is 0 Å². The second-order valence-corrected chi connectivity index (χ2v) is 6.05. The van der Waals surface area contributed by atoms with Crippen LogP contribution in [0.5, 0.6) is 0 Å². The molecule has 3 heterocycles. The highest BCUT2D eigenvalue weighted by Gasteiger charge is 2.32. The van der Waals surface area contributed by atoms with E-state index in [0.29, 0.717) is 19.1 Å². The summed E-state index contributed by atoms with van der Waals surface area (Å²) in [5, 5.41) is 6.55. The van der Waals surface area contributed by atoms with E-state index in [1.165, 1.54) is 19.4 Å². The first-order valence-electron chi connectivity index (χ1n) is 7.66. The fourth-order valence-corrected chi connectivity index (χ4v) is 3.62. The summed E-state index contributed by atoms with van der Waals surface area (Å²) in [6, 6.07) is 1.30. The van der Waals surface area contributed by atoms with Crippen LogP contribution in [0.4, 0.5) is 0 Å². The minimum atomic E-state index is 0. The number of nitrogens with zero attached hydrogens (tertiary/aromatic N) is 1. The Labute approximate surface area is 139 Å². The maximum absolute atomic E-state index is 12.1. The number of hydrogen-bond acceptors (Lipinski definition) is 4. The highest BCUT2D eigenvalue weighted by atomic mass is 35.5. The Bertz CT molecular complexity index is 327. The number of nitrogens with one attached hydrogen (secondary N) is 2. The highest BCUT2D eigenvalue weighted by molar-refractivity contribution is 5.85. The van der Waals surface area contributed by atoms with Crippen molar-refractivity contribution in [2.45, 2.75) is 50.2 Å². The summed E-state index contributed by atoms with van der Waals surface area (Å²) in [7, 11) is 0. The molecule has 3 unspecified atom stereocenters. The molecular formula is C14H27Cl2N3O2. The van der Waals surface area contributed by atoms with Crippen molar-refractivity contribution in [2.75, 3.05) is 32.8 Å². The number of ether oxygens (including phenoxy) is 1. The molecule has 0 spiro atoms. The SMILES string of the molecule is Cl.Cl.O=C(CC1COCCN1)NC1CCN2CCCC2C1. The fourth-order valence-electron chi connectivity index (χ4n) is 3.62. The van der Waals surface area contributed by atoms with Crippen molar-refractivity contribution in [1.82, 2.24) is 15.5 Å². The van der Waals surface area contributed by atoms with E-state index in [0.717, 1.165) is 38.6 Å². The average Bonchev–Trinajstić information content (AvgIpc) is 2.87. The van der Waals surface area contributed by atoms with Crippen LogP contribution in [0.2, 0.25) is 0 Å². The number of piperidine rings is 1. The van der Waals surface area contributed by atoms with Gasteiger partial charge in [0.25, 0.3) is 0 Å². The molecule has 0 radical (unpaired) electrons. The Morgan fingerprint density at radius 2 is 2.14 bits per heavy atom. The summed E-state index contributed by atoms with van der Waals surface area (Å²) >= 11 is 0. The first kappa shape index (κ1) is 19.0. The minimum absolute atomic E-state index is 0. The van der Waals surface area contributed by atoms with E-state index in [1.54, 1.807) is 0 Å². The largest absolute Gasteiger partial charge is 0.378 e. The van der Waals surface area contributed by atoms with Crippen molar-refractivity contribution < 1.29 is 9.53 Å². The quantitative estimate of drug-likeness (QED) is 0.803. The van der Waals surface area contributed by atoms with Crippen LogP contribution < -0.4 is 10.6 Å². The number of fused-ring (bicyclic) bond motifs is 1. The molecular weight excluding hydrogens is 313 g/mol. The zero-order valence-corrected chi connectivity index (χ0v) is 14.0. The van der Waals surface area contributed by atoms with Gasteiger partial charge in [0.1, 0.15) is 0 Å². The third kappa shape index (κ3) is 5.25. The zero-order valence-electron chi connectivity index (χ0n) is 12.4. The number of carbonyl (C=O) groups is 1. The van der Waals surface area contributed by atoms with Gasteiger partial charge in [0.15, 0.2) is 0 Å². The maximum atomic E-state index is 12.1. The number of carbonyl (C=O) groups excluding carboxylic acids is 1. The molecule has 3 rings (SSSR count). The molecule has 124 valence electrons. The van der Waals surface area contributed by atoms with Crippen molar-refractivity contribution in [3.05, 3.63) is 0 Å². The second kappa shape index (κ2) is 9.16. The summed E-state index contributed by atoms with van der Waals surface area (Å²) < 4.78 is 5.38. The molecule has 1 amide bonds. The lowest BCUT2D eigenvalue weighted by atomic mass is 9.97. The number of rotatable bonds is 3. The number of morpholine rings is 1. The molecule has 3 fully saturated rings. The van der Waals surface area contributed by atoms with E-state index < -0.39 is 0 Å². The van der Waals surface area contributed by atoms with Gasteiger partial charge in [0.05, 0.1) is 13.2 Å². The summed E-state index contributed by atoms with van der Waals surface area (Å²) in [6.07, 6.45) is 5.43. The van der Waals surface area contributed by atoms with Crippen LogP contribution in [0.3, 0.4) is 0 Å². The molecule has 21 heavy (non-hydrogen) atoms. The topological polar surface area (TPSA) is 53.6 Å². The van der Waals surface area contributed by atoms with Crippen molar-refractivity contribution in [3.63, 3.8) is 0 Å². The number of halogens is 2. The molecule has 3 aliphatic rings. The summed E-state index contributed by atoms with van der Waals surface area (Å²) in [5.74, 6) is 0.180. The van der Waals surface area contributed by atoms with Crippen molar-refractivity contribution in [1.29, 1.82) is 0 Å². The van der Waals surface area contributed by atoms with Crippen LogP contribution >= 0.6 is 24.8 Å². The van der Waals surface area contributed by atoms with E-state index in [9.17, 15) is 4.79 Å². The van der Waals surface area contributed by atoms with Crippen LogP contribution in [-0.2, 0) is 9.53 Å². The van der Waals surface area contributed by atoms with Gasteiger partial charge in [-0.3, -0.25) is 4.79 Å². The number of hydrogen-bond donors (Lipinski definition) is 2. The van der Waals surface area contributed by atoms with E-state index in [-0.39, 0.29) is 36.8 Å². The first-order chi connectivity index (χ1) is 9.31. The summed E-state index contributed by atoms with van der Waals surface area (Å²) in [4.78, 5) is 14.6. The Hall–Kier alpha value is -0.0700. The van der Waals surface area contributed by atoms with Gasteiger partial charge in [0, 0.05) is 37.6 Å². The lowest BCUT2D eigenvalue weighted by Gasteiger charge is -2.35. The number of amides is 1. The van der Waals surface area contributed by atoms with Gasteiger partial charge < -0.3 is 20.3 Å². The maximum Gasteiger partial charge on any atom is 0.221 e. The normalized spacial score (nSPS) is 32.5. The van der Waals surface area contributed by atoms with E-state index in [4.69, 9.17) is 4.74 Å². The Morgan fingerprint density at radius 1 is 1.29 bits per heavy atom. The van der Waals surface area contributed by atoms with Crippen LogP contribution in [0, 0.1) is 0 Å². The fraction of sp³-hybridized carbons (Fsp3) is 0.929. The molecule has 0 aromatic heterocycles. The van der Waals surface area contributed by atoms with E-state index in [2.05, 4.69) is 15.5 Å². The smallest absolute Gasteiger partial charge is 0.221 e. The summed E-state index contributed by atoms with van der Waals surface area (Å²) in [6.45, 7) is 4.69. The van der Waals surface area contributed by atoms with E-state index in [1.807, 2.05) is 0 Å². The monoisotopic (exact) mass is 339 g/mol. The molecule has 0 bridgehead atoms. The van der Waals surface area contributed by atoms with Gasteiger partial charge >= 0.3 is 0 Å². The second-order valence-electron chi connectivity index (χ2n) is 6.05. The van der Waals surface area contributed by atoms with E-state index >= 15 is 0 Å². The van der Waals surface area contributed by atoms with Gasteiger partial charge in [-0.2, -0.15) is 0 Å². The van der Waals surface area contributed by atoms with Crippen molar-refractivity contribution in [2.24, 2.45) is 0 Å².